The van der Waals surface area contributed by atoms with E-state index in [0.717, 1.165) is 35.7 Å². The number of rotatable bonds is 8. The standard InChI is InChI=1S/C30H44/c1-3-5-8-26-15-19-29(20-16-26)23-24-30-21-17-28(18-22-30)10-7-6-9-27-13-11-25(4-2)12-14-27/h7,10-14,26,28-30H,3-5,8,15-24H2,1-2H3/b10-7+/t26-,28?,29-,30?. The van der Waals surface area contributed by atoms with E-state index in [1.54, 1.807) is 0 Å². The molecule has 0 bridgehead atoms. The van der Waals surface area contributed by atoms with Gasteiger partial charge in [-0.25, -0.2) is 0 Å². The molecule has 0 heterocycles. The van der Waals surface area contributed by atoms with Gasteiger partial charge in [0.1, 0.15) is 0 Å². The Balaban J connectivity index is 1.29. The van der Waals surface area contributed by atoms with Crippen molar-refractivity contribution in [3.05, 3.63) is 47.5 Å². The molecule has 0 unspecified atom stereocenters. The van der Waals surface area contributed by atoms with Gasteiger partial charge in [0.15, 0.2) is 0 Å². The predicted molar refractivity (Wildman–Crippen MR) is 131 cm³/mol. The molecule has 30 heavy (non-hydrogen) atoms. The fourth-order valence-corrected chi connectivity index (χ4v) is 5.58. The third kappa shape index (κ3) is 7.98. The van der Waals surface area contributed by atoms with Crippen molar-refractivity contribution < 1.29 is 0 Å². The summed E-state index contributed by atoms with van der Waals surface area (Å²) >= 11 is 0. The number of hydrogen-bond acceptors (Lipinski definition) is 0. The smallest absolute Gasteiger partial charge is 0.0249 e. The zero-order valence-corrected chi connectivity index (χ0v) is 19.7. The predicted octanol–water partition coefficient (Wildman–Crippen LogP) is 8.74. The molecule has 0 aromatic heterocycles. The first kappa shape index (κ1) is 23.2. The lowest BCUT2D eigenvalue weighted by Crippen LogP contribution is -2.17. The highest BCUT2D eigenvalue weighted by Crippen LogP contribution is 2.37. The Hall–Kier alpha value is -1.48. The molecule has 0 radical (unpaired) electrons. The highest BCUT2D eigenvalue weighted by Gasteiger charge is 2.23. The molecule has 3 rings (SSSR count). The van der Waals surface area contributed by atoms with Crippen LogP contribution in [0.4, 0.5) is 0 Å². The maximum Gasteiger partial charge on any atom is 0.0249 e. The lowest BCUT2D eigenvalue weighted by atomic mass is 9.75. The minimum Gasteiger partial charge on any atom is -0.0730 e. The van der Waals surface area contributed by atoms with E-state index < -0.39 is 0 Å². The Labute approximate surface area is 186 Å². The topological polar surface area (TPSA) is 0 Å². The van der Waals surface area contributed by atoms with Gasteiger partial charge in [-0.2, -0.15) is 0 Å². The van der Waals surface area contributed by atoms with Crippen molar-refractivity contribution in [2.75, 3.05) is 0 Å². The summed E-state index contributed by atoms with van der Waals surface area (Å²) < 4.78 is 0. The van der Waals surface area contributed by atoms with Crippen LogP contribution < -0.4 is 0 Å². The summed E-state index contributed by atoms with van der Waals surface area (Å²) in [7, 11) is 0. The first-order valence-electron chi connectivity index (χ1n) is 13.0. The van der Waals surface area contributed by atoms with E-state index in [2.05, 4.69) is 62.1 Å². The summed E-state index contributed by atoms with van der Waals surface area (Å²) in [5.41, 5.74) is 2.51. The van der Waals surface area contributed by atoms with E-state index in [4.69, 9.17) is 0 Å². The van der Waals surface area contributed by atoms with Gasteiger partial charge < -0.3 is 0 Å². The summed E-state index contributed by atoms with van der Waals surface area (Å²) in [5, 5.41) is 0. The van der Waals surface area contributed by atoms with Crippen molar-refractivity contribution in [2.45, 2.75) is 104 Å². The van der Waals surface area contributed by atoms with Gasteiger partial charge in [-0.3, -0.25) is 0 Å². The van der Waals surface area contributed by atoms with Crippen molar-refractivity contribution in [1.82, 2.24) is 0 Å². The molecular formula is C30H44. The number of hydrogen-bond donors (Lipinski definition) is 0. The van der Waals surface area contributed by atoms with Crippen molar-refractivity contribution in [2.24, 2.45) is 23.7 Å². The molecule has 0 amide bonds. The van der Waals surface area contributed by atoms with Gasteiger partial charge in [-0.05, 0) is 79.5 Å². The Bertz CT molecular complexity index is 667. The van der Waals surface area contributed by atoms with Gasteiger partial charge in [-0.1, -0.05) is 102 Å². The fourth-order valence-electron chi connectivity index (χ4n) is 5.58. The van der Waals surface area contributed by atoms with Crippen molar-refractivity contribution in [3.63, 3.8) is 0 Å². The fraction of sp³-hybridized carbons (Fsp3) is 0.667. The van der Waals surface area contributed by atoms with Crippen LogP contribution in [0, 0.1) is 35.5 Å². The molecule has 0 aliphatic heterocycles. The first-order valence-corrected chi connectivity index (χ1v) is 13.0. The summed E-state index contributed by atoms with van der Waals surface area (Å²) in [5.74, 6) is 10.4. The molecule has 2 saturated carbocycles. The monoisotopic (exact) mass is 404 g/mol. The van der Waals surface area contributed by atoms with Crippen LogP contribution in [0.3, 0.4) is 0 Å². The molecule has 0 nitrogen and oxygen atoms in total. The second kappa shape index (κ2) is 13.0. The molecule has 1 aromatic carbocycles. The van der Waals surface area contributed by atoms with E-state index in [0.29, 0.717) is 0 Å². The van der Waals surface area contributed by atoms with Gasteiger partial charge >= 0.3 is 0 Å². The summed E-state index contributed by atoms with van der Waals surface area (Å²) in [6.07, 6.45) is 24.6. The van der Waals surface area contributed by atoms with Crippen LogP contribution >= 0.6 is 0 Å². The van der Waals surface area contributed by atoms with Crippen LogP contribution in [-0.4, -0.2) is 0 Å². The van der Waals surface area contributed by atoms with E-state index in [1.807, 2.05) is 0 Å². The SMILES string of the molecule is CCCC[C@H]1CC[C@H](CCC2CCC(/C=C/C#Cc3ccc(CC)cc3)CC2)CC1. The van der Waals surface area contributed by atoms with Crippen molar-refractivity contribution >= 4 is 0 Å². The van der Waals surface area contributed by atoms with Crippen molar-refractivity contribution in [1.29, 1.82) is 0 Å². The normalized spacial score (nSPS) is 27.0. The van der Waals surface area contributed by atoms with Gasteiger partial charge in [0, 0.05) is 5.56 Å². The molecule has 0 N–H and O–H groups in total. The van der Waals surface area contributed by atoms with Gasteiger partial charge in [0.05, 0.1) is 0 Å². The third-order valence-electron chi connectivity index (χ3n) is 7.84. The highest BCUT2D eigenvalue weighted by molar-refractivity contribution is 5.38. The number of unbranched alkanes of at least 4 members (excludes halogenated alkanes) is 1. The van der Waals surface area contributed by atoms with Gasteiger partial charge in [0.2, 0.25) is 0 Å². The molecule has 2 aliphatic rings. The largest absolute Gasteiger partial charge is 0.0730 e. The Morgan fingerprint density at radius 3 is 1.90 bits per heavy atom. The van der Waals surface area contributed by atoms with E-state index in [9.17, 15) is 0 Å². The zero-order valence-electron chi connectivity index (χ0n) is 19.7. The van der Waals surface area contributed by atoms with E-state index in [1.165, 1.54) is 89.0 Å². The molecule has 0 spiro atoms. The zero-order chi connectivity index (χ0) is 21.0. The summed E-state index contributed by atoms with van der Waals surface area (Å²) in [6, 6.07) is 8.66. The molecule has 2 aliphatic carbocycles. The highest BCUT2D eigenvalue weighted by atomic mass is 14.3. The van der Waals surface area contributed by atoms with Crippen LogP contribution in [0.1, 0.15) is 108 Å². The molecular weight excluding hydrogens is 360 g/mol. The van der Waals surface area contributed by atoms with Crippen LogP contribution in [-0.2, 0) is 6.42 Å². The first-order chi connectivity index (χ1) is 14.8. The van der Waals surface area contributed by atoms with Crippen LogP contribution in [0.15, 0.2) is 36.4 Å². The lowest BCUT2D eigenvalue weighted by Gasteiger charge is -2.31. The second-order valence-electron chi connectivity index (χ2n) is 10.1. The Kier molecular flexibility index (Phi) is 10.1. The Morgan fingerprint density at radius 1 is 0.767 bits per heavy atom. The number of benzene rings is 1. The number of allylic oxidation sites excluding steroid dienone is 2. The molecule has 0 atom stereocenters. The number of aryl methyl sites for hydroxylation is 1. The summed E-state index contributed by atoms with van der Waals surface area (Å²) in [6.45, 7) is 4.52. The molecule has 164 valence electrons. The second-order valence-corrected chi connectivity index (χ2v) is 10.1. The van der Waals surface area contributed by atoms with Gasteiger partial charge in [0.25, 0.3) is 0 Å². The molecule has 0 saturated heterocycles. The van der Waals surface area contributed by atoms with E-state index in [-0.39, 0.29) is 0 Å². The maximum absolute atomic E-state index is 3.28. The molecule has 2 fully saturated rings. The van der Waals surface area contributed by atoms with Crippen molar-refractivity contribution in [3.8, 4) is 11.8 Å². The Morgan fingerprint density at radius 2 is 1.33 bits per heavy atom. The van der Waals surface area contributed by atoms with Crippen LogP contribution in [0.25, 0.3) is 0 Å². The minimum absolute atomic E-state index is 0.757. The van der Waals surface area contributed by atoms with Gasteiger partial charge in [-0.15, -0.1) is 0 Å². The lowest BCUT2D eigenvalue weighted by molar-refractivity contribution is 0.220. The third-order valence-corrected chi connectivity index (χ3v) is 7.84. The van der Waals surface area contributed by atoms with Crippen LogP contribution in [0.2, 0.25) is 0 Å². The average Bonchev–Trinajstić information content (AvgIpc) is 2.81. The van der Waals surface area contributed by atoms with Crippen LogP contribution in [0.5, 0.6) is 0 Å². The molecule has 1 aromatic rings. The minimum atomic E-state index is 0.757. The average molecular weight is 405 g/mol. The quantitative estimate of drug-likeness (QED) is 0.380. The molecule has 0 heteroatoms. The summed E-state index contributed by atoms with van der Waals surface area (Å²) in [4.78, 5) is 0. The van der Waals surface area contributed by atoms with E-state index >= 15 is 0 Å². The maximum atomic E-state index is 3.28.